The number of nitrogens with zero attached hydrogens (tertiary/aromatic N) is 1. The van der Waals surface area contributed by atoms with Crippen LogP contribution in [0.15, 0.2) is 24.3 Å². The monoisotopic (exact) mass is 323 g/mol. The summed E-state index contributed by atoms with van der Waals surface area (Å²) in [7, 11) is 0. The Morgan fingerprint density at radius 2 is 2.16 bits per heavy atom. The molecule has 2 nitrogen and oxygen atoms in total. The fraction of sp³-hybridized carbons (Fsp3) is 0.625. The Bertz CT molecular complexity index is 423. The van der Waals surface area contributed by atoms with Gasteiger partial charge in [-0.15, -0.1) is 0 Å². The zero-order valence-corrected chi connectivity index (χ0v) is 12.9. The van der Waals surface area contributed by atoms with Crippen molar-refractivity contribution in [3.05, 3.63) is 35.4 Å². The summed E-state index contributed by atoms with van der Waals surface area (Å²) in [6, 6.07) is 9.46. The highest BCUT2D eigenvalue weighted by Gasteiger charge is 2.27. The summed E-state index contributed by atoms with van der Waals surface area (Å²) in [5.74, 6) is 0. The molecule has 0 N–H and O–H groups in total. The van der Waals surface area contributed by atoms with E-state index < -0.39 is 0 Å². The first-order valence-corrected chi connectivity index (χ1v) is 8.50. The molecule has 2 heterocycles. The lowest BCUT2D eigenvalue weighted by molar-refractivity contribution is 0.00190. The summed E-state index contributed by atoms with van der Waals surface area (Å²) >= 11 is 3.67. The zero-order valence-electron chi connectivity index (χ0n) is 11.4. The Labute approximate surface area is 124 Å². The van der Waals surface area contributed by atoms with Gasteiger partial charge in [0.1, 0.15) is 0 Å². The quantitative estimate of drug-likeness (QED) is 0.789. The van der Waals surface area contributed by atoms with E-state index in [1.54, 1.807) is 0 Å². The molecule has 0 amide bonds. The molecule has 3 heteroatoms. The average molecular weight is 324 g/mol. The largest absolute Gasteiger partial charge is 0.372 e. The maximum Gasteiger partial charge on any atom is 0.0954 e. The van der Waals surface area contributed by atoms with Crippen molar-refractivity contribution in [2.24, 2.45) is 0 Å². The topological polar surface area (TPSA) is 12.5 Å². The molecule has 1 saturated heterocycles. The van der Waals surface area contributed by atoms with Gasteiger partial charge >= 0.3 is 0 Å². The second-order valence-corrected chi connectivity index (χ2v) is 6.25. The standard InChI is InChI=1S/C16H22BrNO/c17-11-14-6-3-4-9-18(14)12-16-15-7-2-1-5-13(15)8-10-19-16/h1-2,5,7,14,16H,3-4,6,8-12H2. The fourth-order valence-electron chi connectivity index (χ4n) is 3.32. The lowest BCUT2D eigenvalue weighted by Gasteiger charge is -2.38. The van der Waals surface area contributed by atoms with Gasteiger partial charge in [0.05, 0.1) is 12.7 Å². The zero-order chi connectivity index (χ0) is 13.1. The summed E-state index contributed by atoms with van der Waals surface area (Å²) in [6.45, 7) is 3.14. The molecule has 2 aliphatic rings. The first kappa shape index (κ1) is 13.6. The molecule has 2 atom stereocenters. The van der Waals surface area contributed by atoms with E-state index in [1.165, 1.54) is 36.9 Å². The molecule has 0 saturated carbocycles. The van der Waals surface area contributed by atoms with Gasteiger partial charge in [0.2, 0.25) is 0 Å². The van der Waals surface area contributed by atoms with E-state index >= 15 is 0 Å². The molecule has 2 aliphatic heterocycles. The number of ether oxygens (including phenoxy) is 1. The maximum atomic E-state index is 6.04. The van der Waals surface area contributed by atoms with Crippen molar-refractivity contribution in [2.45, 2.75) is 37.8 Å². The second kappa shape index (κ2) is 6.38. The molecule has 1 aromatic carbocycles. The normalized spacial score (nSPS) is 28.1. The van der Waals surface area contributed by atoms with E-state index in [2.05, 4.69) is 45.1 Å². The highest BCUT2D eigenvalue weighted by Crippen LogP contribution is 2.30. The molecule has 2 unspecified atom stereocenters. The van der Waals surface area contributed by atoms with Gasteiger partial charge in [0.15, 0.2) is 0 Å². The molecule has 1 aromatic rings. The van der Waals surface area contributed by atoms with Crippen LogP contribution in [0, 0.1) is 0 Å². The van der Waals surface area contributed by atoms with Crippen LogP contribution >= 0.6 is 15.9 Å². The van der Waals surface area contributed by atoms with Crippen LogP contribution in [-0.4, -0.2) is 36.0 Å². The van der Waals surface area contributed by atoms with Gasteiger partial charge in [0, 0.05) is 17.9 Å². The number of halogens is 1. The molecule has 104 valence electrons. The molecular formula is C16H22BrNO. The van der Waals surface area contributed by atoms with Gasteiger partial charge < -0.3 is 4.74 Å². The number of hydrogen-bond acceptors (Lipinski definition) is 2. The summed E-state index contributed by atoms with van der Waals surface area (Å²) < 4.78 is 6.04. The number of benzene rings is 1. The Morgan fingerprint density at radius 1 is 1.26 bits per heavy atom. The van der Waals surface area contributed by atoms with Crippen molar-refractivity contribution in [2.75, 3.05) is 25.0 Å². The van der Waals surface area contributed by atoms with Crippen molar-refractivity contribution in [1.82, 2.24) is 4.90 Å². The minimum atomic E-state index is 0.268. The second-order valence-electron chi connectivity index (χ2n) is 5.61. The van der Waals surface area contributed by atoms with Crippen molar-refractivity contribution in [1.29, 1.82) is 0 Å². The molecule has 0 aliphatic carbocycles. The third-order valence-electron chi connectivity index (χ3n) is 4.42. The first-order chi connectivity index (χ1) is 9.38. The number of piperidine rings is 1. The van der Waals surface area contributed by atoms with E-state index in [0.29, 0.717) is 6.04 Å². The fourth-order valence-corrected chi connectivity index (χ4v) is 4.05. The molecule has 0 spiro atoms. The summed E-state index contributed by atoms with van der Waals surface area (Å²) in [5.41, 5.74) is 2.89. The van der Waals surface area contributed by atoms with Crippen LogP contribution in [0.2, 0.25) is 0 Å². The van der Waals surface area contributed by atoms with Gasteiger partial charge in [0.25, 0.3) is 0 Å². The van der Waals surface area contributed by atoms with Gasteiger partial charge in [-0.25, -0.2) is 0 Å². The molecule has 19 heavy (non-hydrogen) atoms. The molecule has 0 radical (unpaired) electrons. The number of alkyl halides is 1. The lowest BCUT2D eigenvalue weighted by atomic mass is 9.96. The van der Waals surface area contributed by atoms with Crippen LogP contribution in [0.1, 0.15) is 36.5 Å². The van der Waals surface area contributed by atoms with Crippen LogP contribution in [0.3, 0.4) is 0 Å². The Kier molecular flexibility index (Phi) is 4.57. The van der Waals surface area contributed by atoms with E-state index in [1.807, 2.05) is 0 Å². The highest BCUT2D eigenvalue weighted by atomic mass is 79.9. The van der Waals surface area contributed by atoms with Crippen molar-refractivity contribution < 1.29 is 4.74 Å². The van der Waals surface area contributed by atoms with Crippen LogP contribution in [0.4, 0.5) is 0 Å². The Balaban J connectivity index is 1.73. The highest BCUT2D eigenvalue weighted by molar-refractivity contribution is 9.09. The number of rotatable bonds is 3. The first-order valence-electron chi connectivity index (χ1n) is 7.38. The number of fused-ring (bicyclic) bond motifs is 1. The smallest absolute Gasteiger partial charge is 0.0954 e. The minimum Gasteiger partial charge on any atom is -0.372 e. The van der Waals surface area contributed by atoms with E-state index in [4.69, 9.17) is 4.74 Å². The summed E-state index contributed by atoms with van der Waals surface area (Å²) in [4.78, 5) is 2.62. The van der Waals surface area contributed by atoms with Crippen molar-refractivity contribution in [3.63, 3.8) is 0 Å². The Morgan fingerprint density at radius 3 is 3.05 bits per heavy atom. The maximum absolute atomic E-state index is 6.04. The number of likely N-dealkylation sites (tertiary alicyclic amines) is 1. The number of hydrogen-bond donors (Lipinski definition) is 0. The SMILES string of the molecule is BrCC1CCCCN1CC1OCCc2ccccc21. The predicted molar refractivity (Wildman–Crippen MR) is 81.8 cm³/mol. The van der Waals surface area contributed by atoms with Crippen LogP contribution in [0.5, 0.6) is 0 Å². The van der Waals surface area contributed by atoms with E-state index in [9.17, 15) is 0 Å². The third kappa shape index (κ3) is 3.04. The predicted octanol–water partition coefficient (Wildman–Crippen LogP) is 3.55. The van der Waals surface area contributed by atoms with Crippen LogP contribution in [-0.2, 0) is 11.2 Å². The van der Waals surface area contributed by atoms with Gasteiger partial charge in [-0.1, -0.05) is 46.6 Å². The third-order valence-corrected chi connectivity index (χ3v) is 5.17. The average Bonchev–Trinajstić information content (AvgIpc) is 2.48. The van der Waals surface area contributed by atoms with Crippen LogP contribution in [0.25, 0.3) is 0 Å². The van der Waals surface area contributed by atoms with Crippen molar-refractivity contribution >= 4 is 15.9 Å². The van der Waals surface area contributed by atoms with E-state index in [-0.39, 0.29) is 6.10 Å². The molecule has 1 fully saturated rings. The minimum absolute atomic E-state index is 0.268. The lowest BCUT2D eigenvalue weighted by Crippen LogP contribution is -2.43. The molecule has 3 rings (SSSR count). The van der Waals surface area contributed by atoms with Gasteiger partial charge in [-0.3, -0.25) is 4.90 Å². The van der Waals surface area contributed by atoms with Gasteiger partial charge in [-0.2, -0.15) is 0 Å². The Hall–Kier alpha value is -0.380. The summed E-state index contributed by atoms with van der Waals surface area (Å²) in [5, 5.41) is 1.08. The van der Waals surface area contributed by atoms with Crippen molar-refractivity contribution in [3.8, 4) is 0 Å². The molecular weight excluding hydrogens is 302 g/mol. The van der Waals surface area contributed by atoms with Gasteiger partial charge in [-0.05, 0) is 36.9 Å². The molecule has 0 aromatic heterocycles. The summed E-state index contributed by atoms with van der Waals surface area (Å²) in [6.07, 6.45) is 5.35. The van der Waals surface area contributed by atoms with Crippen LogP contribution < -0.4 is 0 Å². The van der Waals surface area contributed by atoms with E-state index in [0.717, 1.165) is 24.9 Å². The molecule has 0 bridgehead atoms.